The molecule has 3 aromatic rings. The van der Waals surface area contributed by atoms with Gasteiger partial charge in [0.1, 0.15) is 17.9 Å². The maximum atomic E-state index is 13.1. The largest absolute Gasteiger partial charge is 0.496 e. The van der Waals surface area contributed by atoms with Crippen molar-refractivity contribution in [3.8, 4) is 16.9 Å². The zero-order valence-corrected chi connectivity index (χ0v) is 11.8. The minimum absolute atomic E-state index is 0.269. The van der Waals surface area contributed by atoms with Crippen LogP contribution in [-0.2, 0) is 7.05 Å². The Kier molecular flexibility index (Phi) is 3.22. The van der Waals surface area contributed by atoms with Gasteiger partial charge in [-0.25, -0.2) is 4.39 Å². The molecule has 2 aromatic carbocycles. The van der Waals surface area contributed by atoms with Gasteiger partial charge in [0, 0.05) is 29.8 Å². The Morgan fingerprint density at radius 1 is 1.19 bits per heavy atom. The molecule has 3 rings (SSSR count). The summed E-state index contributed by atoms with van der Waals surface area (Å²) < 4.78 is 20.5. The van der Waals surface area contributed by atoms with E-state index < -0.39 is 0 Å². The van der Waals surface area contributed by atoms with Crippen molar-refractivity contribution in [2.75, 3.05) is 7.11 Å². The summed E-state index contributed by atoms with van der Waals surface area (Å²) in [4.78, 5) is 11.0. The SMILES string of the molecule is COc1cc(C=O)cc2c1c(-c1ccc(F)cc1)cn2C. The predicted octanol–water partition coefficient (Wildman–Crippen LogP) is 3.81. The fourth-order valence-corrected chi connectivity index (χ4v) is 2.58. The van der Waals surface area contributed by atoms with Gasteiger partial charge < -0.3 is 9.30 Å². The number of carbonyl (C=O) groups excluding carboxylic acids is 1. The molecule has 0 spiro atoms. The van der Waals surface area contributed by atoms with Crippen molar-refractivity contribution >= 4 is 17.2 Å². The summed E-state index contributed by atoms with van der Waals surface area (Å²) in [5, 5.41) is 0.914. The highest BCUT2D eigenvalue weighted by molar-refractivity contribution is 6.02. The van der Waals surface area contributed by atoms with Crippen molar-refractivity contribution in [3.63, 3.8) is 0 Å². The topological polar surface area (TPSA) is 31.2 Å². The molecule has 0 saturated heterocycles. The van der Waals surface area contributed by atoms with Gasteiger partial charge in [0.2, 0.25) is 0 Å². The molecular formula is C17H14FNO2. The van der Waals surface area contributed by atoms with Crippen LogP contribution in [0, 0.1) is 5.82 Å². The average Bonchev–Trinajstić information content (AvgIpc) is 2.84. The van der Waals surface area contributed by atoms with Gasteiger partial charge in [0.15, 0.2) is 0 Å². The zero-order chi connectivity index (χ0) is 15.0. The molecule has 0 amide bonds. The summed E-state index contributed by atoms with van der Waals surface area (Å²) >= 11 is 0. The Bertz CT molecular complexity index is 819. The molecule has 0 atom stereocenters. The summed E-state index contributed by atoms with van der Waals surface area (Å²) in [7, 11) is 3.48. The van der Waals surface area contributed by atoms with Gasteiger partial charge in [0.25, 0.3) is 0 Å². The van der Waals surface area contributed by atoms with Crippen LogP contribution in [0.3, 0.4) is 0 Å². The maximum Gasteiger partial charge on any atom is 0.150 e. The molecule has 106 valence electrons. The Balaban J connectivity index is 2.33. The van der Waals surface area contributed by atoms with E-state index in [0.717, 1.165) is 28.3 Å². The molecule has 0 aliphatic carbocycles. The van der Waals surface area contributed by atoms with E-state index in [-0.39, 0.29) is 5.82 Å². The Hall–Kier alpha value is -2.62. The van der Waals surface area contributed by atoms with Crippen LogP contribution in [0.1, 0.15) is 10.4 Å². The van der Waals surface area contributed by atoms with Crippen molar-refractivity contribution in [2.24, 2.45) is 7.05 Å². The molecule has 0 aliphatic heterocycles. The Labute approximate surface area is 121 Å². The summed E-state index contributed by atoms with van der Waals surface area (Å²) in [6.07, 6.45) is 2.75. The van der Waals surface area contributed by atoms with Crippen molar-refractivity contribution in [1.82, 2.24) is 4.57 Å². The summed E-state index contributed by atoms with van der Waals surface area (Å²) in [6, 6.07) is 9.86. The van der Waals surface area contributed by atoms with Gasteiger partial charge in [-0.2, -0.15) is 0 Å². The fourth-order valence-electron chi connectivity index (χ4n) is 2.58. The molecular weight excluding hydrogens is 269 g/mol. The molecule has 0 N–H and O–H groups in total. The summed E-state index contributed by atoms with van der Waals surface area (Å²) in [6.45, 7) is 0. The Morgan fingerprint density at radius 3 is 2.52 bits per heavy atom. The first-order chi connectivity index (χ1) is 10.1. The molecule has 0 fully saturated rings. The number of rotatable bonds is 3. The number of methoxy groups -OCH3 is 1. The number of hydrogen-bond donors (Lipinski definition) is 0. The number of ether oxygens (including phenoxy) is 1. The van der Waals surface area contributed by atoms with Crippen molar-refractivity contribution < 1.29 is 13.9 Å². The average molecular weight is 283 g/mol. The summed E-state index contributed by atoms with van der Waals surface area (Å²) in [5.41, 5.74) is 3.31. The highest BCUT2D eigenvalue weighted by Gasteiger charge is 2.14. The van der Waals surface area contributed by atoms with E-state index in [4.69, 9.17) is 4.74 Å². The summed E-state index contributed by atoms with van der Waals surface area (Å²) in [5.74, 6) is 0.365. The van der Waals surface area contributed by atoms with Gasteiger partial charge in [-0.1, -0.05) is 12.1 Å². The fraction of sp³-hybridized carbons (Fsp3) is 0.118. The zero-order valence-electron chi connectivity index (χ0n) is 11.8. The second kappa shape index (κ2) is 5.05. The molecule has 4 heteroatoms. The number of benzene rings is 2. The standard InChI is InChI=1S/C17H14FNO2/c1-19-9-14(12-3-5-13(18)6-4-12)17-15(19)7-11(10-20)8-16(17)21-2/h3-10H,1-2H3. The number of aldehydes is 1. The smallest absolute Gasteiger partial charge is 0.150 e. The normalized spacial score (nSPS) is 10.8. The third kappa shape index (κ3) is 2.18. The van der Waals surface area contributed by atoms with E-state index in [0.29, 0.717) is 11.3 Å². The number of aromatic nitrogens is 1. The highest BCUT2D eigenvalue weighted by Crippen LogP contribution is 2.37. The molecule has 0 aliphatic rings. The van der Waals surface area contributed by atoms with Gasteiger partial charge in [-0.15, -0.1) is 0 Å². The molecule has 0 unspecified atom stereocenters. The van der Waals surface area contributed by atoms with E-state index >= 15 is 0 Å². The third-order valence-electron chi connectivity index (χ3n) is 3.59. The highest BCUT2D eigenvalue weighted by atomic mass is 19.1. The molecule has 21 heavy (non-hydrogen) atoms. The van der Waals surface area contributed by atoms with E-state index in [1.165, 1.54) is 12.1 Å². The Morgan fingerprint density at radius 2 is 1.90 bits per heavy atom. The lowest BCUT2D eigenvalue weighted by molar-refractivity contribution is 0.112. The molecule has 0 radical (unpaired) electrons. The first-order valence-corrected chi connectivity index (χ1v) is 6.52. The predicted molar refractivity (Wildman–Crippen MR) is 80.3 cm³/mol. The minimum atomic E-state index is -0.269. The van der Waals surface area contributed by atoms with Gasteiger partial charge in [0.05, 0.1) is 12.6 Å². The van der Waals surface area contributed by atoms with Crippen LogP contribution in [0.25, 0.3) is 22.0 Å². The maximum absolute atomic E-state index is 13.1. The van der Waals surface area contributed by atoms with Gasteiger partial charge >= 0.3 is 0 Å². The van der Waals surface area contributed by atoms with Crippen molar-refractivity contribution in [2.45, 2.75) is 0 Å². The van der Waals surface area contributed by atoms with E-state index in [1.54, 1.807) is 25.3 Å². The monoisotopic (exact) mass is 283 g/mol. The lowest BCUT2D eigenvalue weighted by atomic mass is 10.0. The van der Waals surface area contributed by atoms with Gasteiger partial charge in [-0.05, 0) is 29.8 Å². The lowest BCUT2D eigenvalue weighted by Gasteiger charge is -2.07. The van der Waals surface area contributed by atoms with Crippen LogP contribution in [0.4, 0.5) is 4.39 Å². The second-order valence-corrected chi connectivity index (χ2v) is 4.90. The first-order valence-electron chi connectivity index (χ1n) is 6.52. The molecule has 0 saturated carbocycles. The molecule has 1 heterocycles. The van der Waals surface area contributed by atoms with E-state index in [9.17, 15) is 9.18 Å². The number of aryl methyl sites for hydroxylation is 1. The number of nitrogens with zero attached hydrogens (tertiary/aromatic N) is 1. The van der Waals surface area contributed by atoms with Crippen LogP contribution in [0.2, 0.25) is 0 Å². The minimum Gasteiger partial charge on any atom is -0.496 e. The van der Waals surface area contributed by atoms with Crippen LogP contribution in [0.15, 0.2) is 42.6 Å². The van der Waals surface area contributed by atoms with Crippen LogP contribution in [0.5, 0.6) is 5.75 Å². The van der Waals surface area contributed by atoms with E-state index in [2.05, 4.69) is 0 Å². The molecule has 1 aromatic heterocycles. The molecule has 0 bridgehead atoms. The van der Waals surface area contributed by atoms with Crippen LogP contribution >= 0.6 is 0 Å². The van der Waals surface area contributed by atoms with Crippen LogP contribution < -0.4 is 4.74 Å². The van der Waals surface area contributed by atoms with Crippen molar-refractivity contribution in [1.29, 1.82) is 0 Å². The first kappa shape index (κ1) is 13.4. The lowest BCUT2D eigenvalue weighted by Crippen LogP contribution is -1.90. The number of fused-ring (bicyclic) bond motifs is 1. The van der Waals surface area contributed by atoms with Crippen LogP contribution in [-0.4, -0.2) is 18.0 Å². The third-order valence-corrected chi connectivity index (χ3v) is 3.59. The van der Waals surface area contributed by atoms with Crippen molar-refractivity contribution in [3.05, 3.63) is 54.0 Å². The van der Waals surface area contributed by atoms with E-state index in [1.807, 2.05) is 23.9 Å². The van der Waals surface area contributed by atoms with Gasteiger partial charge in [-0.3, -0.25) is 4.79 Å². The quantitative estimate of drug-likeness (QED) is 0.684. The number of hydrogen-bond acceptors (Lipinski definition) is 2. The number of halogens is 1. The number of carbonyl (C=O) groups is 1. The second-order valence-electron chi connectivity index (χ2n) is 4.90. The molecule has 3 nitrogen and oxygen atoms in total.